The van der Waals surface area contributed by atoms with Crippen molar-refractivity contribution < 1.29 is 13.6 Å². The zero-order valence-electron chi connectivity index (χ0n) is 11.0. The van der Waals surface area contributed by atoms with Crippen LogP contribution in [0.5, 0.6) is 0 Å². The zero-order chi connectivity index (χ0) is 13.7. The molecule has 0 aromatic heterocycles. The lowest BCUT2D eigenvalue weighted by Gasteiger charge is -2.15. The Bertz CT molecular complexity index is 427. The van der Waals surface area contributed by atoms with E-state index in [1.165, 1.54) is 6.07 Å². The Morgan fingerprint density at radius 2 is 1.95 bits per heavy atom. The van der Waals surface area contributed by atoms with E-state index in [-0.39, 0.29) is 30.4 Å². The molecule has 0 radical (unpaired) electrons. The number of carbonyl (C=O) groups is 1. The van der Waals surface area contributed by atoms with Crippen LogP contribution in [-0.4, -0.2) is 11.9 Å². The van der Waals surface area contributed by atoms with Crippen molar-refractivity contribution in [3.05, 3.63) is 35.4 Å². The quantitative estimate of drug-likeness (QED) is 0.877. The first-order chi connectivity index (χ1) is 8.40. The van der Waals surface area contributed by atoms with E-state index in [4.69, 9.17) is 5.73 Å². The Labute approximate surface area is 118 Å². The van der Waals surface area contributed by atoms with Gasteiger partial charge in [0.25, 0.3) is 0 Å². The minimum Gasteiger partial charge on any atom is -0.350 e. The van der Waals surface area contributed by atoms with Gasteiger partial charge in [0.2, 0.25) is 5.91 Å². The molecule has 0 aliphatic carbocycles. The predicted molar refractivity (Wildman–Crippen MR) is 73.0 cm³/mol. The summed E-state index contributed by atoms with van der Waals surface area (Å²) < 4.78 is 25.8. The zero-order valence-corrected chi connectivity index (χ0v) is 11.8. The number of amides is 1. The molecule has 1 aromatic carbocycles. The highest BCUT2D eigenvalue weighted by atomic mass is 35.5. The molecule has 2 unspecified atom stereocenters. The van der Waals surface area contributed by atoms with Crippen LogP contribution >= 0.6 is 12.4 Å². The highest BCUT2D eigenvalue weighted by Crippen LogP contribution is 2.16. The molecule has 3 nitrogen and oxygen atoms in total. The fourth-order valence-electron chi connectivity index (χ4n) is 1.54. The Kier molecular flexibility index (Phi) is 7.56. The van der Waals surface area contributed by atoms with E-state index in [2.05, 4.69) is 5.32 Å². The first kappa shape index (κ1) is 17.8. The lowest BCUT2D eigenvalue weighted by Crippen LogP contribution is -2.28. The molecule has 2 atom stereocenters. The van der Waals surface area contributed by atoms with Crippen LogP contribution < -0.4 is 11.1 Å². The Hall–Kier alpha value is -1.20. The van der Waals surface area contributed by atoms with E-state index in [0.717, 1.165) is 12.1 Å². The maximum atomic E-state index is 13.0. The molecule has 0 bridgehead atoms. The van der Waals surface area contributed by atoms with Gasteiger partial charge in [-0.3, -0.25) is 4.79 Å². The summed E-state index contributed by atoms with van der Waals surface area (Å²) in [7, 11) is 0. The van der Waals surface area contributed by atoms with Gasteiger partial charge in [0.05, 0.1) is 6.04 Å². The molecule has 0 fully saturated rings. The number of halogens is 3. The summed E-state index contributed by atoms with van der Waals surface area (Å²) in [4.78, 5) is 11.5. The van der Waals surface area contributed by atoms with E-state index in [9.17, 15) is 13.6 Å². The van der Waals surface area contributed by atoms with Crippen molar-refractivity contribution in [1.82, 2.24) is 5.32 Å². The highest BCUT2D eigenvalue weighted by molar-refractivity contribution is 5.85. The topological polar surface area (TPSA) is 55.1 Å². The summed E-state index contributed by atoms with van der Waals surface area (Å²) in [5, 5.41) is 2.71. The van der Waals surface area contributed by atoms with Gasteiger partial charge in [-0.2, -0.15) is 0 Å². The van der Waals surface area contributed by atoms with E-state index < -0.39 is 11.6 Å². The van der Waals surface area contributed by atoms with Crippen molar-refractivity contribution in [1.29, 1.82) is 0 Å². The standard InChI is InChI=1S/C13H18F2N2O.ClH/c1-8(16)3-6-13(18)17-9(2)10-4-5-11(14)12(15)7-10;/h4-5,7-9H,3,6,16H2,1-2H3,(H,17,18);1H. The molecule has 0 aliphatic rings. The fraction of sp³-hybridized carbons (Fsp3) is 0.462. The molecule has 0 heterocycles. The van der Waals surface area contributed by atoms with E-state index in [1.807, 2.05) is 6.92 Å². The van der Waals surface area contributed by atoms with Crippen molar-refractivity contribution in [2.24, 2.45) is 5.73 Å². The smallest absolute Gasteiger partial charge is 0.220 e. The van der Waals surface area contributed by atoms with Crippen molar-refractivity contribution in [2.75, 3.05) is 0 Å². The number of nitrogens with two attached hydrogens (primary N) is 1. The van der Waals surface area contributed by atoms with Crippen molar-refractivity contribution in [3.8, 4) is 0 Å². The van der Waals surface area contributed by atoms with E-state index in [1.54, 1.807) is 6.92 Å². The molecule has 19 heavy (non-hydrogen) atoms. The second kappa shape index (κ2) is 8.07. The second-order valence-electron chi connectivity index (χ2n) is 4.48. The number of nitrogens with one attached hydrogen (secondary N) is 1. The molecule has 0 saturated heterocycles. The molecule has 0 spiro atoms. The number of rotatable bonds is 5. The number of hydrogen-bond donors (Lipinski definition) is 2. The molecular weight excluding hydrogens is 274 g/mol. The van der Waals surface area contributed by atoms with Gasteiger partial charge in [-0.05, 0) is 38.0 Å². The summed E-state index contributed by atoms with van der Waals surface area (Å²) >= 11 is 0. The molecule has 0 saturated carbocycles. The second-order valence-corrected chi connectivity index (χ2v) is 4.48. The minimum absolute atomic E-state index is 0. The molecule has 1 aromatic rings. The Morgan fingerprint density at radius 3 is 2.47 bits per heavy atom. The number of hydrogen-bond acceptors (Lipinski definition) is 2. The normalized spacial score (nSPS) is 13.3. The number of benzene rings is 1. The van der Waals surface area contributed by atoms with Crippen molar-refractivity contribution in [3.63, 3.8) is 0 Å². The summed E-state index contributed by atoms with van der Waals surface area (Å²) in [5.41, 5.74) is 6.08. The van der Waals surface area contributed by atoms with Gasteiger partial charge in [0, 0.05) is 12.5 Å². The minimum atomic E-state index is -0.913. The Balaban J connectivity index is 0.00000324. The van der Waals surface area contributed by atoms with Gasteiger partial charge >= 0.3 is 0 Å². The molecule has 3 N–H and O–H groups in total. The third-order valence-electron chi connectivity index (χ3n) is 2.65. The van der Waals surface area contributed by atoms with Crippen LogP contribution in [0.4, 0.5) is 8.78 Å². The van der Waals surface area contributed by atoms with Crippen LogP contribution in [0.1, 0.15) is 38.3 Å². The summed E-state index contributed by atoms with van der Waals surface area (Å²) in [5.74, 6) is -1.96. The molecule has 1 amide bonds. The maximum Gasteiger partial charge on any atom is 0.220 e. The highest BCUT2D eigenvalue weighted by Gasteiger charge is 2.12. The molecule has 108 valence electrons. The first-order valence-electron chi connectivity index (χ1n) is 5.90. The molecule has 0 aliphatic heterocycles. The van der Waals surface area contributed by atoms with Crippen LogP contribution in [-0.2, 0) is 4.79 Å². The van der Waals surface area contributed by atoms with E-state index >= 15 is 0 Å². The molecular formula is C13H19ClF2N2O. The monoisotopic (exact) mass is 292 g/mol. The molecule has 6 heteroatoms. The van der Waals surface area contributed by atoms with Crippen LogP contribution in [0, 0.1) is 11.6 Å². The fourth-order valence-corrected chi connectivity index (χ4v) is 1.54. The lowest BCUT2D eigenvalue weighted by molar-refractivity contribution is -0.121. The first-order valence-corrected chi connectivity index (χ1v) is 5.90. The third-order valence-corrected chi connectivity index (χ3v) is 2.65. The lowest BCUT2D eigenvalue weighted by atomic mass is 10.1. The van der Waals surface area contributed by atoms with Gasteiger partial charge in [-0.1, -0.05) is 6.07 Å². The van der Waals surface area contributed by atoms with Gasteiger partial charge in [0.1, 0.15) is 0 Å². The average Bonchev–Trinajstić information content (AvgIpc) is 2.30. The largest absolute Gasteiger partial charge is 0.350 e. The summed E-state index contributed by atoms with van der Waals surface area (Å²) in [6.45, 7) is 3.54. The third kappa shape index (κ3) is 5.98. The summed E-state index contributed by atoms with van der Waals surface area (Å²) in [6.07, 6.45) is 0.919. The van der Waals surface area contributed by atoms with Gasteiger partial charge in [0.15, 0.2) is 11.6 Å². The Morgan fingerprint density at radius 1 is 1.32 bits per heavy atom. The van der Waals surface area contributed by atoms with Gasteiger partial charge in [-0.25, -0.2) is 8.78 Å². The summed E-state index contributed by atoms with van der Waals surface area (Å²) in [6, 6.07) is 3.20. The predicted octanol–water partition coefficient (Wildman–Crippen LogP) is 2.69. The average molecular weight is 293 g/mol. The van der Waals surface area contributed by atoms with E-state index in [0.29, 0.717) is 18.4 Å². The van der Waals surface area contributed by atoms with Crippen molar-refractivity contribution in [2.45, 2.75) is 38.8 Å². The maximum absolute atomic E-state index is 13.0. The van der Waals surface area contributed by atoms with Gasteiger partial charge in [-0.15, -0.1) is 12.4 Å². The van der Waals surface area contributed by atoms with Crippen LogP contribution in [0.25, 0.3) is 0 Å². The molecule has 1 rings (SSSR count). The van der Waals surface area contributed by atoms with Gasteiger partial charge < -0.3 is 11.1 Å². The van der Waals surface area contributed by atoms with Crippen LogP contribution in [0.3, 0.4) is 0 Å². The SMILES string of the molecule is CC(N)CCC(=O)NC(C)c1ccc(F)c(F)c1.Cl. The van der Waals surface area contributed by atoms with Crippen molar-refractivity contribution >= 4 is 18.3 Å². The van der Waals surface area contributed by atoms with Crippen LogP contribution in [0.2, 0.25) is 0 Å². The van der Waals surface area contributed by atoms with Crippen LogP contribution in [0.15, 0.2) is 18.2 Å². The number of carbonyl (C=O) groups excluding carboxylic acids is 1.